The Morgan fingerprint density at radius 1 is 1.10 bits per heavy atom. The molecule has 1 heterocycles. The normalized spacial score (nSPS) is 10.7. The Hall–Kier alpha value is -2.62. The third-order valence-electron chi connectivity index (χ3n) is 3.28. The van der Waals surface area contributed by atoms with E-state index in [1.807, 2.05) is 66.1 Å². The third-order valence-corrected chi connectivity index (χ3v) is 3.28. The van der Waals surface area contributed by atoms with Crippen LogP contribution in [0.25, 0.3) is 22.4 Å². The second-order valence-electron chi connectivity index (χ2n) is 4.68. The zero-order valence-electron chi connectivity index (χ0n) is 11.8. The maximum absolute atomic E-state index is 11.9. The largest absolute Gasteiger partial charge is 0.465 e. The predicted molar refractivity (Wildman–Crippen MR) is 81.8 cm³/mol. The van der Waals surface area contributed by atoms with Crippen LogP contribution < -0.4 is 0 Å². The number of hydrogen-bond donors (Lipinski definition) is 0. The van der Waals surface area contributed by atoms with Crippen LogP contribution in [-0.2, 0) is 16.1 Å². The molecule has 0 amide bonds. The summed E-state index contributed by atoms with van der Waals surface area (Å²) in [5.74, 6) is 0.530. The highest BCUT2D eigenvalue weighted by Gasteiger charge is 2.15. The molecule has 0 fully saturated rings. The molecular weight excluding hydrogens is 264 g/mol. The van der Waals surface area contributed by atoms with Gasteiger partial charge in [0.25, 0.3) is 0 Å². The van der Waals surface area contributed by atoms with Crippen LogP contribution >= 0.6 is 0 Å². The smallest absolute Gasteiger partial charge is 0.326 e. The van der Waals surface area contributed by atoms with Crippen LogP contribution in [0.1, 0.15) is 6.92 Å². The molecule has 0 unspecified atom stereocenters. The van der Waals surface area contributed by atoms with E-state index in [0.717, 1.165) is 22.4 Å². The average Bonchev–Trinajstić information content (AvgIpc) is 2.87. The number of carbonyl (C=O) groups is 1. The second-order valence-corrected chi connectivity index (χ2v) is 4.68. The SMILES string of the molecule is CCOC(=O)Cn1c(-c2ccccc2)nc2ccccc21. The topological polar surface area (TPSA) is 44.1 Å². The molecule has 0 aliphatic heterocycles. The summed E-state index contributed by atoms with van der Waals surface area (Å²) in [6.07, 6.45) is 0. The molecule has 4 nitrogen and oxygen atoms in total. The minimum absolute atomic E-state index is 0.165. The molecule has 0 aliphatic carbocycles. The highest BCUT2D eigenvalue weighted by atomic mass is 16.5. The molecule has 0 bridgehead atoms. The molecule has 2 aromatic carbocycles. The molecule has 3 aromatic rings. The van der Waals surface area contributed by atoms with Crippen LogP contribution in [0.2, 0.25) is 0 Å². The summed E-state index contributed by atoms with van der Waals surface area (Å²) in [4.78, 5) is 16.5. The second kappa shape index (κ2) is 5.79. The molecule has 1 aromatic heterocycles. The molecule has 106 valence electrons. The van der Waals surface area contributed by atoms with Gasteiger partial charge in [0.2, 0.25) is 0 Å². The van der Waals surface area contributed by atoms with E-state index in [1.54, 1.807) is 0 Å². The molecule has 0 atom stereocenters. The molecule has 4 heteroatoms. The average molecular weight is 280 g/mol. The molecule has 0 saturated heterocycles. The fourth-order valence-corrected chi connectivity index (χ4v) is 2.38. The van der Waals surface area contributed by atoms with Crippen LogP contribution in [0, 0.1) is 0 Å². The van der Waals surface area contributed by atoms with Crippen molar-refractivity contribution >= 4 is 17.0 Å². The lowest BCUT2D eigenvalue weighted by atomic mass is 10.2. The summed E-state index contributed by atoms with van der Waals surface area (Å²) >= 11 is 0. The van der Waals surface area contributed by atoms with Gasteiger partial charge in [-0.1, -0.05) is 42.5 Å². The van der Waals surface area contributed by atoms with Gasteiger partial charge in [0.1, 0.15) is 12.4 Å². The van der Waals surface area contributed by atoms with E-state index in [1.165, 1.54) is 0 Å². The van der Waals surface area contributed by atoms with Crippen LogP contribution in [0.15, 0.2) is 54.6 Å². The zero-order chi connectivity index (χ0) is 14.7. The van der Waals surface area contributed by atoms with Crippen LogP contribution in [0.4, 0.5) is 0 Å². The number of aromatic nitrogens is 2. The molecule has 0 saturated carbocycles. The first-order valence-electron chi connectivity index (χ1n) is 6.96. The number of nitrogens with zero attached hydrogens (tertiary/aromatic N) is 2. The molecule has 0 radical (unpaired) electrons. The number of hydrogen-bond acceptors (Lipinski definition) is 3. The number of benzene rings is 2. The monoisotopic (exact) mass is 280 g/mol. The summed E-state index contributed by atoms with van der Waals surface area (Å²) in [7, 11) is 0. The van der Waals surface area contributed by atoms with E-state index in [2.05, 4.69) is 4.98 Å². The highest BCUT2D eigenvalue weighted by Crippen LogP contribution is 2.24. The van der Waals surface area contributed by atoms with Crippen molar-refractivity contribution in [2.45, 2.75) is 13.5 Å². The Morgan fingerprint density at radius 2 is 1.81 bits per heavy atom. The minimum atomic E-state index is -0.252. The molecule has 0 N–H and O–H groups in total. The van der Waals surface area contributed by atoms with E-state index in [0.29, 0.717) is 6.61 Å². The van der Waals surface area contributed by atoms with E-state index in [-0.39, 0.29) is 12.5 Å². The van der Waals surface area contributed by atoms with Gasteiger partial charge in [-0.15, -0.1) is 0 Å². The Labute approximate surface area is 123 Å². The quantitative estimate of drug-likeness (QED) is 0.689. The maximum Gasteiger partial charge on any atom is 0.326 e. The summed E-state index contributed by atoms with van der Waals surface area (Å²) < 4.78 is 6.97. The molecule has 21 heavy (non-hydrogen) atoms. The highest BCUT2D eigenvalue weighted by molar-refractivity contribution is 5.83. The van der Waals surface area contributed by atoms with Crippen LogP contribution in [0.5, 0.6) is 0 Å². The van der Waals surface area contributed by atoms with Gasteiger partial charge in [-0.2, -0.15) is 0 Å². The molecule has 0 spiro atoms. The zero-order valence-corrected chi connectivity index (χ0v) is 11.8. The van der Waals surface area contributed by atoms with Gasteiger partial charge in [0, 0.05) is 5.56 Å². The Bertz CT molecular complexity index is 763. The van der Waals surface area contributed by atoms with E-state index >= 15 is 0 Å². The summed E-state index contributed by atoms with van der Waals surface area (Å²) in [5, 5.41) is 0. The number of ether oxygens (including phenoxy) is 1. The van der Waals surface area contributed by atoms with Gasteiger partial charge in [0.05, 0.1) is 17.6 Å². The van der Waals surface area contributed by atoms with E-state index in [4.69, 9.17) is 4.74 Å². The van der Waals surface area contributed by atoms with Crippen molar-refractivity contribution in [1.29, 1.82) is 0 Å². The Morgan fingerprint density at radius 3 is 2.57 bits per heavy atom. The van der Waals surface area contributed by atoms with Crippen molar-refractivity contribution in [3.63, 3.8) is 0 Å². The number of rotatable bonds is 4. The van der Waals surface area contributed by atoms with Gasteiger partial charge in [-0.05, 0) is 19.1 Å². The van der Waals surface area contributed by atoms with Gasteiger partial charge < -0.3 is 9.30 Å². The lowest BCUT2D eigenvalue weighted by Gasteiger charge is -2.08. The lowest BCUT2D eigenvalue weighted by Crippen LogP contribution is -2.14. The third kappa shape index (κ3) is 2.65. The minimum Gasteiger partial charge on any atom is -0.465 e. The predicted octanol–water partition coefficient (Wildman–Crippen LogP) is 3.27. The van der Waals surface area contributed by atoms with Gasteiger partial charge in [-0.3, -0.25) is 4.79 Å². The van der Waals surface area contributed by atoms with Gasteiger partial charge >= 0.3 is 5.97 Å². The fraction of sp³-hybridized carbons (Fsp3) is 0.176. The first-order valence-corrected chi connectivity index (χ1v) is 6.96. The first kappa shape index (κ1) is 13.4. The summed E-state index contributed by atoms with van der Waals surface area (Å²) in [6, 6.07) is 17.7. The Kier molecular flexibility index (Phi) is 3.69. The lowest BCUT2D eigenvalue weighted by molar-refractivity contribution is -0.143. The maximum atomic E-state index is 11.9. The number of imidazole rings is 1. The summed E-state index contributed by atoms with van der Waals surface area (Å²) in [6.45, 7) is 2.35. The van der Waals surface area contributed by atoms with Crippen molar-refractivity contribution in [2.24, 2.45) is 0 Å². The number of carbonyl (C=O) groups excluding carboxylic acids is 1. The van der Waals surface area contributed by atoms with Crippen molar-refractivity contribution in [3.05, 3.63) is 54.6 Å². The number of esters is 1. The van der Waals surface area contributed by atoms with Crippen molar-refractivity contribution in [3.8, 4) is 11.4 Å². The fourth-order valence-electron chi connectivity index (χ4n) is 2.38. The van der Waals surface area contributed by atoms with Crippen molar-refractivity contribution in [1.82, 2.24) is 9.55 Å². The molecule has 3 rings (SSSR count). The first-order chi connectivity index (χ1) is 10.3. The Balaban J connectivity index is 2.12. The van der Waals surface area contributed by atoms with Crippen LogP contribution in [-0.4, -0.2) is 22.1 Å². The van der Waals surface area contributed by atoms with Gasteiger partial charge in [0.15, 0.2) is 0 Å². The number of fused-ring (bicyclic) bond motifs is 1. The standard InChI is InChI=1S/C17H16N2O2/c1-2-21-16(20)12-19-15-11-7-6-10-14(15)18-17(19)13-8-4-3-5-9-13/h3-11H,2,12H2,1H3. The van der Waals surface area contributed by atoms with Gasteiger partial charge in [-0.25, -0.2) is 4.98 Å². The van der Waals surface area contributed by atoms with Crippen molar-refractivity contribution < 1.29 is 9.53 Å². The number of para-hydroxylation sites is 2. The summed E-state index contributed by atoms with van der Waals surface area (Å²) in [5.41, 5.74) is 2.79. The molecular formula is C17H16N2O2. The molecule has 0 aliphatic rings. The van der Waals surface area contributed by atoms with E-state index in [9.17, 15) is 4.79 Å². The van der Waals surface area contributed by atoms with Crippen molar-refractivity contribution in [2.75, 3.05) is 6.61 Å². The van der Waals surface area contributed by atoms with E-state index < -0.39 is 0 Å². The van der Waals surface area contributed by atoms with Crippen LogP contribution in [0.3, 0.4) is 0 Å².